The Labute approximate surface area is 141 Å². The van der Waals surface area contributed by atoms with Gasteiger partial charge in [0.1, 0.15) is 5.76 Å². The average molecular weight is 335 g/mol. The number of likely N-dealkylation sites (tertiary alicyclic amines) is 1. The molecule has 1 amide bonds. The van der Waals surface area contributed by atoms with Gasteiger partial charge in [0.05, 0.1) is 25.4 Å². The van der Waals surface area contributed by atoms with E-state index >= 15 is 0 Å². The maximum atomic E-state index is 12.8. The molecule has 7 nitrogen and oxygen atoms in total. The second-order valence-corrected chi connectivity index (χ2v) is 6.93. The lowest BCUT2D eigenvalue weighted by molar-refractivity contribution is -0.101. The van der Waals surface area contributed by atoms with Crippen LogP contribution in [-0.2, 0) is 9.47 Å². The van der Waals surface area contributed by atoms with E-state index in [1.54, 1.807) is 7.11 Å². The number of rotatable bonds is 5. The molecular weight excluding hydrogens is 310 g/mol. The predicted molar refractivity (Wildman–Crippen MR) is 86.0 cm³/mol. The van der Waals surface area contributed by atoms with Gasteiger partial charge >= 0.3 is 0 Å². The quantitative estimate of drug-likeness (QED) is 0.803. The first-order valence-electron chi connectivity index (χ1n) is 8.86. The number of hydrogen-bond acceptors (Lipinski definition) is 6. The van der Waals surface area contributed by atoms with E-state index < -0.39 is 0 Å². The second kappa shape index (κ2) is 6.82. The molecule has 132 valence electrons. The van der Waals surface area contributed by atoms with Crippen molar-refractivity contribution in [1.29, 1.82) is 0 Å². The third kappa shape index (κ3) is 3.20. The number of nitrogens with zero attached hydrogens (tertiary/aromatic N) is 3. The van der Waals surface area contributed by atoms with Crippen LogP contribution in [0.1, 0.15) is 41.4 Å². The highest BCUT2D eigenvalue weighted by molar-refractivity contribution is 5.92. The summed E-state index contributed by atoms with van der Waals surface area (Å²) in [6.07, 6.45) is 3.36. The van der Waals surface area contributed by atoms with Gasteiger partial charge in [-0.15, -0.1) is 0 Å². The molecule has 0 aromatic carbocycles. The first kappa shape index (κ1) is 16.1. The maximum absolute atomic E-state index is 12.8. The molecule has 24 heavy (non-hydrogen) atoms. The summed E-state index contributed by atoms with van der Waals surface area (Å²) in [5.41, 5.74) is 0.440. The van der Waals surface area contributed by atoms with Crippen molar-refractivity contribution in [2.24, 2.45) is 0 Å². The van der Waals surface area contributed by atoms with Crippen LogP contribution in [0.3, 0.4) is 0 Å². The highest BCUT2D eigenvalue weighted by atomic mass is 16.5. The fourth-order valence-electron chi connectivity index (χ4n) is 3.73. The molecular formula is C17H25N3O4. The number of piperidine rings is 1. The van der Waals surface area contributed by atoms with Crippen LogP contribution in [0.15, 0.2) is 10.6 Å². The molecule has 0 bridgehead atoms. The zero-order valence-corrected chi connectivity index (χ0v) is 14.1. The van der Waals surface area contributed by atoms with Gasteiger partial charge in [0.25, 0.3) is 5.91 Å². The topological polar surface area (TPSA) is 68.0 Å². The van der Waals surface area contributed by atoms with E-state index in [2.05, 4.69) is 10.1 Å². The number of carbonyl (C=O) groups is 1. The summed E-state index contributed by atoms with van der Waals surface area (Å²) in [4.78, 5) is 17.0. The SMILES string of the molecule is COCCN1CCO[C@H]2CCN(C(=O)c3cc(C4CC4)on3)C[C@@H]21. The third-order valence-corrected chi connectivity index (χ3v) is 5.30. The Hall–Kier alpha value is -1.44. The van der Waals surface area contributed by atoms with Gasteiger partial charge in [0.15, 0.2) is 5.69 Å². The van der Waals surface area contributed by atoms with Gasteiger partial charge in [-0.05, 0) is 19.3 Å². The molecule has 3 heterocycles. The molecule has 2 atom stereocenters. The van der Waals surface area contributed by atoms with Crippen molar-refractivity contribution >= 4 is 5.91 Å². The summed E-state index contributed by atoms with van der Waals surface area (Å²) in [7, 11) is 1.72. The van der Waals surface area contributed by atoms with Gasteiger partial charge in [0, 0.05) is 45.3 Å². The van der Waals surface area contributed by atoms with Crippen molar-refractivity contribution in [3.63, 3.8) is 0 Å². The number of fused-ring (bicyclic) bond motifs is 1. The van der Waals surface area contributed by atoms with E-state index in [-0.39, 0.29) is 18.1 Å². The highest BCUT2D eigenvalue weighted by Crippen LogP contribution is 2.40. The number of ether oxygens (including phenoxy) is 2. The Morgan fingerprint density at radius 1 is 1.38 bits per heavy atom. The Morgan fingerprint density at radius 3 is 3.04 bits per heavy atom. The van der Waals surface area contributed by atoms with Crippen molar-refractivity contribution < 1.29 is 18.8 Å². The van der Waals surface area contributed by atoms with Crippen LogP contribution in [0, 0.1) is 0 Å². The van der Waals surface area contributed by atoms with Gasteiger partial charge in [-0.3, -0.25) is 9.69 Å². The molecule has 1 aromatic rings. The fourth-order valence-corrected chi connectivity index (χ4v) is 3.73. The van der Waals surface area contributed by atoms with E-state index in [1.807, 2.05) is 11.0 Å². The number of aromatic nitrogens is 1. The van der Waals surface area contributed by atoms with E-state index in [4.69, 9.17) is 14.0 Å². The summed E-state index contributed by atoms with van der Waals surface area (Å²) in [6, 6.07) is 2.06. The van der Waals surface area contributed by atoms with Gasteiger partial charge < -0.3 is 18.9 Å². The molecule has 1 saturated carbocycles. The summed E-state index contributed by atoms with van der Waals surface area (Å²) in [5.74, 6) is 1.30. The molecule has 7 heteroatoms. The fraction of sp³-hybridized carbons (Fsp3) is 0.765. The van der Waals surface area contributed by atoms with Crippen LogP contribution < -0.4 is 0 Å². The molecule has 0 unspecified atom stereocenters. The minimum atomic E-state index is -0.0265. The molecule has 0 spiro atoms. The average Bonchev–Trinajstić information content (AvgIpc) is 3.36. The molecule has 3 aliphatic rings. The predicted octanol–water partition coefficient (Wildman–Crippen LogP) is 1.11. The largest absolute Gasteiger partial charge is 0.383 e. The van der Waals surface area contributed by atoms with Crippen molar-refractivity contribution in [2.45, 2.75) is 37.3 Å². The minimum Gasteiger partial charge on any atom is -0.383 e. The monoisotopic (exact) mass is 335 g/mol. The normalized spacial score (nSPS) is 28.0. The van der Waals surface area contributed by atoms with Crippen molar-refractivity contribution in [1.82, 2.24) is 15.0 Å². The van der Waals surface area contributed by atoms with Crippen LogP contribution in [0.4, 0.5) is 0 Å². The van der Waals surface area contributed by atoms with Crippen LogP contribution in [-0.4, -0.2) is 79.5 Å². The number of hydrogen-bond donors (Lipinski definition) is 0. The maximum Gasteiger partial charge on any atom is 0.276 e. The Kier molecular flexibility index (Phi) is 4.56. The molecule has 4 rings (SSSR count). The van der Waals surface area contributed by atoms with Gasteiger partial charge in [0.2, 0.25) is 0 Å². The molecule has 1 aliphatic carbocycles. The third-order valence-electron chi connectivity index (χ3n) is 5.30. The lowest BCUT2D eigenvalue weighted by Gasteiger charge is -2.46. The van der Waals surface area contributed by atoms with E-state index in [0.29, 0.717) is 31.3 Å². The summed E-state index contributed by atoms with van der Waals surface area (Å²) in [6.45, 7) is 4.61. The lowest BCUT2D eigenvalue weighted by atomic mass is 9.98. The van der Waals surface area contributed by atoms with Crippen LogP contribution in [0.5, 0.6) is 0 Å². The lowest BCUT2D eigenvalue weighted by Crippen LogP contribution is -2.61. The Morgan fingerprint density at radius 2 is 2.25 bits per heavy atom. The standard InChI is InChI=1S/C17H25N3O4/c1-22-8-6-19-7-9-23-15-4-5-20(11-14(15)19)17(21)13-10-16(24-18-13)12-2-3-12/h10,12,14-15H,2-9,11H2,1H3/t14-,15-/m0/s1. The van der Waals surface area contributed by atoms with Gasteiger partial charge in [-0.2, -0.15) is 0 Å². The molecule has 2 aliphatic heterocycles. The Balaban J connectivity index is 1.42. The van der Waals surface area contributed by atoms with Gasteiger partial charge in [-0.25, -0.2) is 0 Å². The summed E-state index contributed by atoms with van der Waals surface area (Å²) in [5, 5.41) is 3.99. The summed E-state index contributed by atoms with van der Waals surface area (Å²) < 4.78 is 16.5. The van der Waals surface area contributed by atoms with Crippen LogP contribution >= 0.6 is 0 Å². The van der Waals surface area contributed by atoms with Crippen LogP contribution in [0.25, 0.3) is 0 Å². The van der Waals surface area contributed by atoms with Gasteiger partial charge in [-0.1, -0.05) is 5.16 Å². The molecule has 2 saturated heterocycles. The first-order chi connectivity index (χ1) is 11.8. The van der Waals surface area contributed by atoms with E-state index in [1.165, 1.54) is 0 Å². The zero-order valence-electron chi connectivity index (χ0n) is 14.1. The molecule has 0 radical (unpaired) electrons. The van der Waals surface area contributed by atoms with E-state index in [0.717, 1.165) is 44.7 Å². The number of methoxy groups -OCH3 is 1. The summed E-state index contributed by atoms with van der Waals surface area (Å²) >= 11 is 0. The number of morpholine rings is 1. The van der Waals surface area contributed by atoms with Crippen molar-refractivity contribution in [3.05, 3.63) is 17.5 Å². The first-order valence-corrected chi connectivity index (χ1v) is 8.86. The second-order valence-electron chi connectivity index (χ2n) is 6.93. The molecule has 3 fully saturated rings. The van der Waals surface area contributed by atoms with E-state index in [9.17, 15) is 4.79 Å². The highest BCUT2D eigenvalue weighted by Gasteiger charge is 2.39. The van der Waals surface area contributed by atoms with Crippen molar-refractivity contribution in [3.8, 4) is 0 Å². The van der Waals surface area contributed by atoms with Crippen molar-refractivity contribution in [2.75, 3.05) is 46.5 Å². The smallest absolute Gasteiger partial charge is 0.276 e. The number of amides is 1. The van der Waals surface area contributed by atoms with Crippen LogP contribution in [0.2, 0.25) is 0 Å². The Bertz CT molecular complexity index is 586. The number of carbonyl (C=O) groups excluding carboxylic acids is 1. The molecule has 0 N–H and O–H groups in total. The molecule has 1 aromatic heterocycles. The minimum absolute atomic E-state index is 0.0265. The zero-order chi connectivity index (χ0) is 16.5.